The molecule has 0 saturated heterocycles. The summed E-state index contributed by atoms with van der Waals surface area (Å²) in [6.07, 6.45) is 0.958. The summed E-state index contributed by atoms with van der Waals surface area (Å²) in [5.41, 5.74) is 4.53. The van der Waals surface area contributed by atoms with Gasteiger partial charge >= 0.3 is 0 Å². The zero-order valence-electron chi connectivity index (χ0n) is 15.7. The molecule has 0 bridgehead atoms. The van der Waals surface area contributed by atoms with Crippen molar-refractivity contribution in [2.24, 2.45) is 5.10 Å². The number of benzene rings is 3. The molecule has 1 atom stereocenters. The Morgan fingerprint density at radius 1 is 1.04 bits per heavy atom. The molecule has 0 aromatic heterocycles. The third-order valence-corrected chi connectivity index (χ3v) is 4.20. The van der Waals surface area contributed by atoms with Gasteiger partial charge in [-0.3, -0.25) is 4.79 Å². The molecular weight excluding hydrogens is 338 g/mol. The van der Waals surface area contributed by atoms with Gasteiger partial charge in [0, 0.05) is 19.8 Å². The van der Waals surface area contributed by atoms with Crippen LogP contribution in [0.5, 0.6) is 5.75 Å². The molecule has 1 N–H and O–H groups in total. The minimum Gasteiger partial charge on any atom is -0.481 e. The van der Waals surface area contributed by atoms with Crippen LogP contribution in [0.2, 0.25) is 0 Å². The molecule has 0 aliphatic rings. The summed E-state index contributed by atoms with van der Waals surface area (Å²) < 4.78 is 5.74. The van der Waals surface area contributed by atoms with Crippen molar-refractivity contribution in [3.8, 4) is 5.75 Å². The number of ether oxygens (including phenoxy) is 1. The van der Waals surface area contributed by atoms with E-state index in [2.05, 4.69) is 10.5 Å². The van der Waals surface area contributed by atoms with E-state index < -0.39 is 6.10 Å². The zero-order chi connectivity index (χ0) is 19.2. The summed E-state index contributed by atoms with van der Waals surface area (Å²) in [6.45, 7) is 1.70. The van der Waals surface area contributed by atoms with Crippen LogP contribution in [0.3, 0.4) is 0 Å². The fourth-order valence-corrected chi connectivity index (χ4v) is 2.62. The highest BCUT2D eigenvalue weighted by Gasteiger charge is 2.14. The Labute approximate surface area is 159 Å². The van der Waals surface area contributed by atoms with Gasteiger partial charge in [-0.05, 0) is 47.5 Å². The molecule has 0 unspecified atom stereocenters. The fourth-order valence-electron chi connectivity index (χ4n) is 2.62. The largest absolute Gasteiger partial charge is 0.481 e. The van der Waals surface area contributed by atoms with E-state index in [1.54, 1.807) is 13.1 Å². The number of nitrogens with one attached hydrogen (secondary N) is 1. The Kier molecular flexibility index (Phi) is 5.71. The molecule has 0 fully saturated rings. The third-order valence-electron chi connectivity index (χ3n) is 4.20. The maximum Gasteiger partial charge on any atom is 0.280 e. The molecule has 5 heteroatoms. The molecule has 3 rings (SSSR count). The van der Waals surface area contributed by atoms with Crippen LogP contribution in [0.4, 0.5) is 5.69 Å². The summed E-state index contributed by atoms with van der Waals surface area (Å²) in [6, 6.07) is 21.7. The molecule has 3 aromatic rings. The first-order chi connectivity index (χ1) is 13.0. The van der Waals surface area contributed by atoms with Gasteiger partial charge in [0.2, 0.25) is 0 Å². The molecule has 5 nitrogen and oxygen atoms in total. The number of carbonyl (C=O) groups is 1. The molecular formula is C22H23N3O2. The molecule has 1 amide bonds. The van der Waals surface area contributed by atoms with Crippen LogP contribution in [0.25, 0.3) is 10.8 Å². The average molecular weight is 361 g/mol. The van der Waals surface area contributed by atoms with Crippen LogP contribution in [0.1, 0.15) is 12.5 Å². The van der Waals surface area contributed by atoms with Crippen molar-refractivity contribution in [1.82, 2.24) is 5.43 Å². The minimum atomic E-state index is -0.653. The van der Waals surface area contributed by atoms with Crippen molar-refractivity contribution in [3.63, 3.8) is 0 Å². The SMILES string of the molecule is C[C@H](Oc1ccc2ccccc2c1)C(=O)N/N=C\c1ccc(N(C)C)cc1. The molecule has 3 aromatic carbocycles. The lowest BCUT2D eigenvalue weighted by Crippen LogP contribution is -2.33. The van der Waals surface area contributed by atoms with Crippen molar-refractivity contribution in [1.29, 1.82) is 0 Å². The lowest BCUT2D eigenvalue weighted by Gasteiger charge is -2.13. The third kappa shape index (κ3) is 4.85. The van der Waals surface area contributed by atoms with Crippen molar-refractivity contribution < 1.29 is 9.53 Å². The van der Waals surface area contributed by atoms with Gasteiger partial charge in [0.25, 0.3) is 5.91 Å². The van der Waals surface area contributed by atoms with Gasteiger partial charge < -0.3 is 9.64 Å². The summed E-state index contributed by atoms with van der Waals surface area (Å²) in [5, 5.41) is 6.21. The highest BCUT2D eigenvalue weighted by Crippen LogP contribution is 2.21. The van der Waals surface area contributed by atoms with E-state index in [0.29, 0.717) is 5.75 Å². The van der Waals surface area contributed by atoms with Gasteiger partial charge in [-0.1, -0.05) is 42.5 Å². The topological polar surface area (TPSA) is 53.9 Å². The van der Waals surface area contributed by atoms with Gasteiger partial charge in [-0.15, -0.1) is 0 Å². The van der Waals surface area contributed by atoms with Gasteiger partial charge in [0.15, 0.2) is 6.10 Å². The smallest absolute Gasteiger partial charge is 0.280 e. The fraction of sp³-hybridized carbons (Fsp3) is 0.182. The maximum absolute atomic E-state index is 12.2. The number of hydrogen-bond acceptors (Lipinski definition) is 4. The Bertz CT molecular complexity index is 949. The van der Waals surface area contributed by atoms with Crippen LogP contribution in [0, 0.1) is 0 Å². The van der Waals surface area contributed by atoms with E-state index in [0.717, 1.165) is 22.0 Å². The van der Waals surface area contributed by atoms with Gasteiger partial charge in [0.1, 0.15) is 5.75 Å². The Morgan fingerprint density at radius 2 is 1.74 bits per heavy atom. The number of anilines is 1. The Hall–Kier alpha value is -3.34. The Balaban J connectivity index is 1.56. The number of hydrazone groups is 1. The second-order valence-electron chi connectivity index (χ2n) is 6.49. The number of nitrogens with zero attached hydrogens (tertiary/aromatic N) is 2. The molecule has 0 spiro atoms. The van der Waals surface area contributed by atoms with E-state index in [9.17, 15) is 4.79 Å². The number of fused-ring (bicyclic) bond motifs is 1. The van der Waals surface area contributed by atoms with E-state index in [-0.39, 0.29) is 5.91 Å². The molecule has 0 aliphatic carbocycles. The lowest BCUT2D eigenvalue weighted by molar-refractivity contribution is -0.127. The van der Waals surface area contributed by atoms with Gasteiger partial charge in [0.05, 0.1) is 6.21 Å². The number of carbonyl (C=O) groups excluding carboxylic acids is 1. The standard InChI is InChI=1S/C22H23N3O2/c1-16(27-21-13-10-18-6-4-5-7-19(18)14-21)22(26)24-23-15-17-8-11-20(12-9-17)25(2)3/h4-16H,1-3H3,(H,24,26)/b23-15-/t16-/m0/s1. The number of amides is 1. The molecule has 138 valence electrons. The van der Waals surface area contributed by atoms with Crippen LogP contribution in [0.15, 0.2) is 71.8 Å². The number of rotatable bonds is 6. The quantitative estimate of drug-likeness (QED) is 0.536. The minimum absolute atomic E-state index is 0.302. The van der Waals surface area contributed by atoms with Crippen LogP contribution in [-0.2, 0) is 4.79 Å². The van der Waals surface area contributed by atoms with Crippen molar-refractivity contribution in [3.05, 3.63) is 72.3 Å². The number of hydrogen-bond donors (Lipinski definition) is 1. The predicted octanol–water partition coefficient (Wildman–Crippen LogP) is 3.82. The maximum atomic E-state index is 12.2. The van der Waals surface area contributed by atoms with Crippen molar-refractivity contribution in [2.75, 3.05) is 19.0 Å². The summed E-state index contributed by atoms with van der Waals surface area (Å²) >= 11 is 0. The monoisotopic (exact) mass is 361 g/mol. The first kappa shape index (κ1) is 18.5. The van der Waals surface area contributed by atoms with E-state index in [1.165, 1.54) is 0 Å². The molecule has 0 saturated carbocycles. The van der Waals surface area contributed by atoms with E-state index in [4.69, 9.17) is 4.74 Å². The van der Waals surface area contributed by atoms with Crippen molar-refractivity contribution >= 4 is 28.6 Å². The second kappa shape index (κ2) is 8.36. The molecule has 0 radical (unpaired) electrons. The lowest BCUT2D eigenvalue weighted by atomic mass is 10.1. The first-order valence-electron chi connectivity index (χ1n) is 8.79. The van der Waals surface area contributed by atoms with Crippen LogP contribution in [-0.4, -0.2) is 32.3 Å². The summed E-state index contributed by atoms with van der Waals surface area (Å²) in [5.74, 6) is 0.351. The molecule has 0 heterocycles. The first-order valence-corrected chi connectivity index (χ1v) is 8.79. The summed E-state index contributed by atoms with van der Waals surface area (Å²) in [4.78, 5) is 14.2. The normalized spacial score (nSPS) is 12.1. The van der Waals surface area contributed by atoms with Crippen LogP contribution >= 0.6 is 0 Å². The average Bonchev–Trinajstić information content (AvgIpc) is 2.68. The predicted molar refractivity (Wildman–Crippen MR) is 111 cm³/mol. The van der Waals surface area contributed by atoms with Gasteiger partial charge in [-0.25, -0.2) is 5.43 Å². The summed E-state index contributed by atoms with van der Waals surface area (Å²) in [7, 11) is 3.97. The highest BCUT2D eigenvalue weighted by molar-refractivity contribution is 5.85. The molecule has 0 aliphatic heterocycles. The van der Waals surface area contributed by atoms with E-state index >= 15 is 0 Å². The van der Waals surface area contributed by atoms with Crippen LogP contribution < -0.4 is 15.1 Å². The Morgan fingerprint density at radius 3 is 2.44 bits per heavy atom. The second-order valence-corrected chi connectivity index (χ2v) is 6.49. The zero-order valence-corrected chi connectivity index (χ0v) is 15.7. The molecule has 27 heavy (non-hydrogen) atoms. The van der Waals surface area contributed by atoms with Crippen molar-refractivity contribution in [2.45, 2.75) is 13.0 Å². The van der Waals surface area contributed by atoms with Gasteiger partial charge in [-0.2, -0.15) is 5.10 Å². The highest BCUT2D eigenvalue weighted by atomic mass is 16.5. The van der Waals surface area contributed by atoms with E-state index in [1.807, 2.05) is 85.7 Å².